The highest BCUT2D eigenvalue weighted by molar-refractivity contribution is 8.18. The maximum Gasteiger partial charge on any atom is 0.290 e. The van der Waals surface area contributed by atoms with Crippen molar-refractivity contribution < 1.29 is 14.3 Å². The van der Waals surface area contributed by atoms with E-state index in [9.17, 15) is 9.59 Å². The fraction of sp³-hybridized carbons (Fsp3) is 0.474. The van der Waals surface area contributed by atoms with Crippen LogP contribution in [0.4, 0.5) is 4.79 Å². The lowest BCUT2D eigenvalue weighted by Crippen LogP contribution is -2.28. The van der Waals surface area contributed by atoms with Crippen LogP contribution in [0.3, 0.4) is 0 Å². The number of benzene rings is 1. The van der Waals surface area contributed by atoms with Crippen molar-refractivity contribution in [3.63, 3.8) is 0 Å². The molecule has 25 heavy (non-hydrogen) atoms. The van der Waals surface area contributed by atoms with Gasteiger partial charge >= 0.3 is 0 Å². The van der Waals surface area contributed by atoms with Crippen LogP contribution < -0.4 is 10.1 Å². The first kappa shape index (κ1) is 18.3. The molecule has 0 radical (unpaired) electrons. The SMILES string of the molecule is CCC(Oc1cccc(C=C2SC(=O)NC2=O)c1Cl)C1CCCCC1. The van der Waals surface area contributed by atoms with Gasteiger partial charge in [-0.1, -0.05) is 49.9 Å². The minimum atomic E-state index is -0.383. The number of hydrogen-bond acceptors (Lipinski definition) is 4. The third-order valence-corrected chi connectivity index (χ3v) is 5.99. The second-order valence-corrected chi connectivity index (χ2v) is 7.87. The molecule has 1 heterocycles. The van der Waals surface area contributed by atoms with Gasteiger partial charge in [0.25, 0.3) is 11.1 Å². The summed E-state index contributed by atoms with van der Waals surface area (Å²) in [5.41, 5.74) is 0.685. The highest BCUT2D eigenvalue weighted by Crippen LogP contribution is 2.36. The summed E-state index contributed by atoms with van der Waals surface area (Å²) in [5.74, 6) is 0.833. The Morgan fingerprint density at radius 1 is 1.32 bits per heavy atom. The lowest BCUT2D eigenvalue weighted by atomic mass is 9.84. The van der Waals surface area contributed by atoms with Crippen LogP contribution >= 0.6 is 23.4 Å². The number of hydrogen-bond donors (Lipinski definition) is 1. The minimum Gasteiger partial charge on any atom is -0.489 e. The summed E-state index contributed by atoms with van der Waals surface area (Å²) < 4.78 is 6.25. The molecule has 1 aliphatic heterocycles. The molecule has 1 aliphatic carbocycles. The van der Waals surface area contributed by atoms with Crippen molar-refractivity contribution in [2.45, 2.75) is 51.6 Å². The number of ether oxygens (including phenoxy) is 1. The molecular weight excluding hydrogens is 358 g/mol. The Bertz CT molecular complexity index is 698. The number of thioether (sulfide) groups is 1. The Kier molecular flexibility index (Phi) is 6.07. The fourth-order valence-corrected chi connectivity index (χ4v) is 4.37. The first-order valence-corrected chi connectivity index (χ1v) is 9.98. The van der Waals surface area contributed by atoms with E-state index < -0.39 is 0 Å². The zero-order chi connectivity index (χ0) is 17.8. The number of nitrogens with one attached hydrogen (secondary N) is 1. The van der Waals surface area contributed by atoms with E-state index in [1.165, 1.54) is 32.1 Å². The molecule has 3 rings (SSSR count). The molecule has 1 atom stereocenters. The van der Waals surface area contributed by atoms with Crippen molar-refractivity contribution >= 4 is 40.6 Å². The van der Waals surface area contributed by atoms with Crippen molar-refractivity contribution in [2.75, 3.05) is 0 Å². The first-order chi connectivity index (χ1) is 12.1. The molecule has 1 unspecified atom stereocenters. The summed E-state index contributed by atoms with van der Waals surface area (Å²) in [5, 5.41) is 2.37. The number of amides is 2. The summed E-state index contributed by atoms with van der Waals surface area (Å²) in [6.45, 7) is 2.14. The molecule has 1 saturated carbocycles. The second-order valence-electron chi connectivity index (χ2n) is 6.47. The fourth-order valence-electron chi connectivity index (χ4n) is 3.47. The zero-order valence-electron chi connectivity index (χ0n) is 14.2. The standard InChI is InChI=1S/C19H22ClNO3S/c1-2-14(12-7-4-3-5-8-12)24-15-10-6-9-13(17(15)20)11-16-18(22)21-19(23)25-16/h6,9-12,14H,2-5,7-8H2,1H3,(H,21,22,23). The average Bonchev–Trinajstić information content (AvgIpc) is 2.93. The van der Waals surface area contributed by atoms with Gasteiger partial charge in [0.1, 0.15) is 11.9 Å². The molecule has 1 saturated heterocycles. The number of rotatable bonds is 5. The molecule has 0 spiro atoms. The van der Waals surface area contributed by atoms with Crippen molar-refractivity contribution in [3.8, 4) is 5.75 Å². The van der Waals surface area contributed by atoms with E-state index in [1.54, 1.807) is 6.08 Å². The highest BCUT2D eigenvalue weighted by Gasteiger charge is 2.27. The maximum absolute atomic E-state index is 11.7. The molecule has 2 aliphatic rings. The van der Waals surface area contributed by atoms with Crippen LogP contribution in [0.5, 0.6) is 5.75 Å². The van der Waals surface area contributed by atoms with E-state index >= 15 is 0 Å². The molecule has 0 aromatic heterocycles. The van der Waals surface area contributed by atoms with E-state index in [1.807, 2.05) is 18.2 Å². The van der Waals surface area contributed by atoms with Crippen LogP contribution in [0.15, 0.2) is 23.1 Å². The van der Waals surface area contributed by atoms with Gasteiger partial charge in [-0.05, 0) is 54.6 Å². The van der Waals surface area contributed by atoms with Gasteiger partial charge in [0.05, 0.1) is 9.93 Å². The van der Waals surface area contributed by atoms with E-state index in [2.05, 4.69) is 12.2 Å². The number of carbonyl (C=O) groups excluding carboxylic acids is 2. The van der Waals surface area contributed by atoms with E-state index in [4.69, 9.17) is 16.3 Å². The normalized spacial score (nSPS) is 21.4. The zero-order valence-corrected chi connectivity index (χ0v) is 15.8. The molecule has 2 amide bonds. The molecule has 6 heteroatoms. The van der Waals surface area contributed by atoms with Gasteiger partial charge in [-0.2, -0.15) is 0 Å². The van der Waals surface area contributed by atoms with Crippen molar-refractivity contribution in [1.82, 2.24) is 5.32 Å². The van der Waals surface area contributed by atoms with Crippen molar-refractivity contribution in [2.24, 2.45) is 5.92 Å². The van der Waals surface area contributed by atoms with Crippen LogP contribution in [-0.4, -0.2) is 17.3 Å². The van der Waals surface area contributed by atoms with Gasteiger partial charge in [0.15, 0.2) is 0 Å². The Morgan fingerprint density at radius 2 is 2.08 bits per heavy atom. The lowest BCUT2D eigenvalue weighted by molar-refractivity contribution is -0.115. The summed E-state index contributed by atoms with van der Waals surface area (Å²) in [6.07, 6.45) is 9.01. The van der Waals surface area contributed by atoms with Crippen LogP contribution in [0.25, 0.3) is 6.08 Å². The summed E-state index contributed by atoms with van der Waals surface area (Å²) in [7, 11) is 0. The average molecular weight is 380 g/mol. The van der Waals surface area contributed by atoms with Gasteiger partial charge in [-0.3, -0.25) is 14.9 Å². The molecule has 134 valence electrons. The summed E-state index contributed by atoms with van der Waals surface area (Å²) in [4.78, 5) is 23.4. The topological polar surface area (TPSA) is 55.4 Å². The monoisotopic (exact) mass is 379 g/mol. The molecule has 1 N–H and O–H groups in total. The second kappa shape index (κ2) is 8.28. The van der Waals surface area contributed by atoms with Gasteiger partial charge in [-0.15, -0.1) is 0 Å². The molecule has 4 nitrogen and oxygen atoms in total. The van der Waals surface area contributed by atoms with Crippen LogP contribution in [0, 0.1) is 5.92 Å². The Hall–Kier alpha value is -1.46. The Labute approximate surface area is 157 Å². The predicted octanol–water partition coefficient (Wildman–Crippen LogP) is 5.40. The minimum absolute atomic E-state index is 0.159. The first-order valence-electron chi connectivity index (χ1n) is 8.78. The molecule has 1 aromatic rings. The smallest absolute Gasteiger partial charge is 0.290 e. The van der Waals surface area contributed by atoms with E-state index in [0.717, 1.165) is 18.2 Å². The predicted molar refractivity (Wildman–Crippen MR) is 102 cm³/mol. The molecule has 1 aromatic carbocycles. The molecule has 0 bridgehead atoms. The number of imide groups is 1. The summed E-state index contributed by atoms with van der Waals surface area (Å²) in [6, 6.07) is 5.55. The third-order valence-electron chi connectivity index (χ3n) is 4.78. The van der Waals surface area contributed by atoms with Crippen LogP contribution in [0.2, 0.25) is 5.02 Å². The van der Waals surface area contributed by atoms with Crippen LogP contribution in [0.1, 0.15) is 51.0 Å². The third kappa shape index (κ3) is 4.39. The molecular formula is C19H22ClNO3S. The van der Waals surface area contributed by atoms with Crippen molar-refractivity contribution in [1.29, 1.82) is 0 Å². The Morgan fingerprint density at radius 3 is 2.72 bits per heavy atom. The lowest BCUT2D eigenvalue weighted by Gasteiger charge is -2.30. The summed E-state index contributed by atoms with van der Waals surface area (Å²) >= 11 is 7.40. The van der Waals surface area contributed by atoms with Gasteiger partial charge in [0, 0.05) is 0 Å². The van der Waals surface area contributed by atoms with E-state index in [-0.39, 0.29) is 17.3 Å². The number of carbonyl (C=O) groups is 2. The quantitative estimate of drug-likeness (QED) is 0.695. The van der Waals surface area contributed by atoms with Gasteiger partial charge in [0.2, 0.25) is 0 Å². The van der Waals surface area contributed by atoms with Crippen LogP contribution in [-0.2, 0) is 4.79 Å². The number of halogens is 1. The van der Waals surface area contributed by atoms with Gasteiger partial charge in [-0.25, -0.2) is 0 Å². The van der Waals surface area contributed by atoms with Crippen molar-refractivity contribution in [3.05, 3.63) is 33.7 Å². The van der Waals surface area contributed by atoms with Gasteiger partial charge < -0.3 is 4.74 Å². The highest BCUT2D eigenvalue weighted by atomic mass is 35.5. The molecule has 2 fully saturated rings. The van der Waals surface area contributed by atoms with E-state index in [0.29, 0.717) is 27.2 Å². The Balaban J connectivity index is 1.79. The largest absolute Gasteiger partial charge is 0.489 e. The maximum atomic E-state index is 11.7.